The van der Waals surface area contributed by atoms with Gasteiger partial charge in [0.1, 0.15) is 5.75 Å². The lowest BCUT2D eigenvalue weighted by atomic mass is 9.79. The molecule has 1 aromatic rings. The molecule has 7 nitrogen and oxygen atoms in total. The summed E-state index contributed by atoms with van der Waals surface area (Å²) in [5.41, 5.74) is 5.74. The first-order chi connectivity index (χ1) is 13.1. The molecule has 1 aromatic carbocycles. The normalized spacial score (nSPS) is 19.6. The third kappa shape index (κ3) is 5.95. The standard InChI is InChI=1S/C20H27BrN2O5/c1-20(2,3)12-8-9-16(15(21)10-12)28-11-17(24)22-23-18(25)13-6-4-5-7-14(13)19(26)27/h8-10,13-14H,4-7,11H2,1-3H3,(H,22,24)(H,23,25)(H,26,27)/t13-,14-/m0/s1. The Hall–Kier alpha value is -2.09. The molecule has 0 saturated heterocycles. The summed E-state index contributed by atoms with van der Waals surface area (Å²) >= 11 is 3.44. The molecule has 2 amide bonds. The molecular weight excluding hydrogens is 428 g/mol. The van der Waals surface area contributed by atoms with Gasteiger partial charge in [-0.2, -0.15) is 0 Å². The van der Waals surface area contributed by atoms with Crippen LogP contribution in [0.15, 0.2) is 22.7 Å². The van der Waals surface area contributed by atoms with Crippen molar-refractivity contribution in [2.75, 3.05) is 6.61 Å². The van der Waals surface area contributed by atoms with Crippen LogP contribution in [-0.4, -0.2) is 29.5 Å². The largest absolute Gasteiger partial charge is 0.483 e. The summed E-state index contributed by atoms with van der Waals surface area (Å²) in [6.07, 6.45) is 2.58. The van der Waals surface area contributed by atoms with E-state index in [9.17, 15) is 19.5 Å². The smallest absolute Gasteiger partial charge is 0.307 e. The van der Waals surface area contributed by atoms with Gasteiger partial charge in [0, 0.05) is 0 Å². The minimum absolute atomic E-state index is 0.00433. The highest BCUT2D eigenvalue weighted by atomic mass is 79.9. The number of ether oxygens (including phenoxy) is 1. The number of amides is 2. The van der Waals surface area contributed by atoms with Gasteiger partial charge in [0.05, 0.1) is 16.3 Å². The van der Waals surface area contributed by atoms with Crippen LogP contribution in [0, 0.1) is 11.8 Å². The second kappa shape index (κ2) is 9.41. The zero-order chi connectivity index (χ0) is 20.9. The van der Waals surface area contributed by atoms with E-state index in [4.69, 9.17) is 4.74 Å². The van der Waals surface area contributed by atoms with Gasteiger partial charge in [0.2, 0.25) is 5.91 Å². The molecule has 1 aliphatic carbocycles. The fourth-order valence-corrected chi connectivity index (χ4v) is 3.72. The first-order valence-electron chi connectivity index (χ1n) is 9.34. The number of nitrogens with one attached hydrogen (secondary N) is 2. The van der Waals surface area contributed by atoms with Crippen LogP contribution in [0.25, 0.3) is 0 Å². The molecule has 0 radical (unpaired) electrons. The predicted octanol–water partition coefficient (Wildman–Crippen LogP) is 3.16. The summed E-state index contributed by atoms with van der Waals surface area (Å²) in [6, 6.07) is 5.68. The number of benzene rings is 1. The molecule has 28 heavy (non-hydrogen) atoms. The van der Waals surface area contributed by atoms with E-state index in [1.54, 1.807) is 6.07 Å². The van der Waals surface area contributed by atoms with Crippen LogP contribution in [-0.2, 0) is 19.8 Å². The highest BCUT2D eigenvalue weighted by molar-refractivity contribution is 9.10. The minimum atomic E-state index is -0.974. The summed E-state index contributed by atoms with van der Waals surface area (Å²) in [6.45, 7) is 6.03. The third-order valence-corrected chi connectivity index (χ3v) is 5.52. The molecular formula is C20H27BrN2O5. The van der Waals surface area contributed by atoms with E-state index < -0.39 is 29.6 Å². The number of carboxylic acids is 1. The molecule has 0 bridgehead atoms. The molecule has 1 saturated carbocycles. The maximum atomic E-state index is 12.2. The Morgan fingerprint density at radius 1 is 1.14 bits per heavy atom. The molecule has 2 rings (SSSR count). The van der Waals surface area contributed by atoms with Crippen molar-refractivity contribution in [3.8, 4) is 5.75 Å². The highest BCUT2D eigenvalue weighted by Gasteiger charge is 2.35. The van der Waals surface area contributed by atoms with Crippen LogP contribution < -0.4 is 15.6 Å². The van der Waals surface area contributed by atoms with Crippen molar-refractivity contribution in [2.45, 2.75) is 51.9 Å². The van der Waals surface area contributed by atoms with Crippen molar-refractivity contribution in [1.29, 1.82) is 0 Å². The molecule has 0 aromatic heterocycles. The Morgan fingerprint density at radius 3 is 2.36 bits per heavy atom. The summed E-state index contributed by atoms with van der Waals surface area (Å²) in [4.78, 5) is 35.5. The molecule has 0 heterocycles. The van der Waals surface area contributed by atoms with Crippen LogP contribution in [0.2, 0.25) is 0 Å². The summed E-state index contributed by atoms with van der Waals surface area (Å²) in [7, 11) is 0. The number of carboxylic acid groups (broad SMARTS) is 1. The summed E-state index contributed by atoms with van der Waals surface area (Å²) in [5.74, 6) is -2.80. The second-order valence-electron chi connectivity index (χ2n) is 8.06. The van der Waals surface area contributed by atoms with Crippen molar-refractivity contribution in [1.82, 2.24) is 10.9 Å². The molecule has 1 aliphatic rings. The SMILES string of the molecule is CC(C)(C)c1ccc(OCC(=O)NNC(=O)[C@H]2CCCC[C@@H]2C(=O)O)c(Br)c1. The van der Waals surface area contributed by atoms with E-state index in [1.807, 2.05) is 12.1 Å². The molecule has 154 valence electrons. The van der Waals surface area contributed by atoms with Gasteiger partial charge in [-0.25, -0.2) is 0 Å². The fourth-order valence-electron chi connectivity index (χ4n) is 3.23. The molecule has 2 atom stereocenters. The van der Waals surface area contributed by atoms with Gasteiger partial charge in [-0.3, -0.25) is 25.2 Å². The van der Waals surface area contributed by atoms with Gasteiger partial charge < -0.3 is 9.84 Å². The lowest BCUT2D eigenvalue weighted by molar-refractivity contribution is -0.149. The Bertz CT molecular complexity index is 745. The number of carbonyl (C=O) groups excluding carboxylic acids is 2. The quantitative estimate of drug-likeness (QED) is 0.592. The first-order valence-corrected chi connectivity index (χ1v) is 10.1. The minimum Gasteiger partial charge on any atom is -0.483 e. The second-order valence-corrected chi connectivity index (χ2v) is 8.91. The number of carbonyl (C=O) groups is 3. The summed E-state index contributed by atoms with van der Waals surface area (Å²) < 4.78 is 6.24. The van der Waals surface area contributed by atoms with E-state index in [1.165, 1.54) is 0 Å². The topological polar surface area (TPSA) is 105 Å². The zero-order valence-electron chi connectivity index (χ0n) is 16.4. The Kier molecular flexibility index (Phi) is 7.46. The Labute approximate surface area is 173 Å². The van der Waals surface area contributed by atoms with Crippen molar-refractivity contribution in [3.63, 3.8) is 0 Å². The van der Waals surface area contributed by atoms with E-state index in [0.717, 1.165) is 22.9 Å². The van der Waals surface area contributed by atoms with Crippen molar-refractivity contribution >= 4 is 33.7 Å². The number of aliphatic carboxylic acids is 1. The number of halogens is 1. The van der Waals surface area contributed by atoms with Gasteiger partial charge in [-0.05, 0) is 51.9 Å². The zero-order valence-corrected chi connectivity index (χ0v) is 18.0. The maximum Gasteiger partial charge on any atom is 0.307 e. The van der Waals surface area contributed by atoms with Crippen LogP contribution in [0.4, 0.5) is 0 Å². The van der Waals surface area contributed by atoms with Gasteiger partial charge >= 0.3 is 5.97 Å². The summed E-state index contributed by atoms with van der Waals surface area (Å²) in [5, 5.41) is 9.25. The van der Waals surface area contributed by atoms with E-state index in [-0.39, 0.29) is 12.0 Å². The highest BCUT2D eigenvalue weighted by Crippen LogP contribution is 2.32. The van der Waals surface area contributed by atoms with Gasteiger partial charge in [-0.1, -0.05) is 39.7 Å². The lowest BCUT2D eigenvalue weighted by Gasteiger charge is -2.27. The van der Waals surface area contributed by atoms with Crippen LogP contribution in [0.5, 0.6) is 5.75 Å². The number of rotatable bonds is 5. The molecule has 0 unspecified atom stereocenters. The van der Waals surface area contributed by atoms with Crippen LogP contribution in [0.1, 0.15) is 52.0 Å². The molecule has 0 aliphatic heterocycles. The maximum absolute atomic E-state index is 12.2. The van der Waals surface area contributed by atoms with Gasteiger partial charge in [0.25, 0.3) is 5.91 Å². The van der Waals surface area contributed by atoms with Gasteiger partial charge in [-0.15, -0.1) is 0 Å². The fraction of sp³-hybridized carbons (Fsp3) is 0.550. The van der Waals surface area contributed by atoms with Gasteiger partial charge in [0.15, 0.2) is 6.61 Å². The van der Waals surface area contributed by atoms with E-state index in [2.05, 4.69) is 47.6 Å². The van der Waals surface area contributed by atoms with Crippen molar-refractivity contribution < 1.29 is 24.2 Å². The molecule has 8 heteroatoms. The number of hydrogen-bond acceptors (Lipinski definition) is 4. The molecule has 3 N–H and O–H groups in total. The van der Waals surface area contributed by atoms with Crippen LogP contribution >= 0.6 is 15.9 Å². The first kappa shape index (κ1) is 22.2. The molecule has 1 fully saturated rings. The van der Waals surface area contributed by atoms with Crippen LogP contribution in [0.3, 0.4) is 0 Å². The average molecular weight is 455 g/mol. The Balaban J connectivity index is 1.84. The molecule has 0 spiro atoms. The number of hydrogen-bond donors (Lipinski definition) is 3. The lowest BCUT2D eigenvalue weighted by Crippen LogP contribution is -2.49. The number of hydrazine groups is 1. The predicted molar refractivity (Wildman–Crippen MR) is 108 cm³/mol. The van der Waals surface area contributed by atoms with Crippen molar-refractivity contribution in [2.24, 2.45) is 11.8 Å². The van der Waals surface area contributed by atoms with Crippen molar-refractivity contribution in [3.05, 3.63) is 28.2 Å². The Morgan fingerprint density at radius 2 is 1.79 bits per heavy atom. The monoisotopic (exact) mass is 454 g/mol. The van der Waals surface area contributed by atoms with E-state index in [0.29, 0.717) is 18.6 Å². The van der Waals surface area contributed by atoms with E-state index >= 15 is 0 Å². The third-order valence-electron chi connectivity index (χ3n) is 4.90. The average Bonchev–Trinajstić information content (AvgIpc) is 2.64.